The second-order valence-corrected chi connectivity index (χ2v) is 4.94. The highest BCUT2D eigenvalue weighted by Gasteiger charge is 2.31. The van der Waals surface area contributed by atoms with E-state index in [2.05, 4.69) is 0 Å². The Hall–Kier alpha value is -1.93. The van der Waals surface area contributed by atoms with Crippen LogP contribution in [0.5, 0.6) is 0 Å². The Morgan fingerprint density at radius 3 is 2.95 bits per heavy atom. The highest BCUT2D eigenvalue weighted by Crippen LogP contribution is 2.35. The van der Waals surface area contributed by atoms with E-state index in [1.54, 1.807) is 0 Å². The average molecular weight is 319 g/mol. The Morgan fingerprint density at radius 1 is 1.62 bits per heavy atom. The van der Waals surface area contributed by atoms with E-state index in [1.165, 1.54) is 4.90 Å². The zero-order valence-corrected chi connectivity index (χ0v) is 11.5. The number of carboxylic acids is 1. The van der Waals surface area contributed by atoms with Gasteiger partial charge < -0.3 is 14.7 Å². The molecule has 0 amide bonds. The number of nitro groups is 1. The first kappa shape index (κ1) is 15.5. The topological polar surface area (TPSA) is 92.9 Å². The molecule has 1 atom stereocenters. The number of carbonyl (C=O) groups is 1. The van der Waals surface area contributed by atoms with Crippen LogP contribution >= 0.6 is 11.6 Å². The van der Waals surface area contributed by atoms with Gasteiger partial charge >= 0.3 is 5.97 Å². The van der Waals surface area contributed by atoms with Gasteiger partial charge in [-0.1, -0.05) is 11.6 Å². The molecule has 1 unspecified atom stereocenters. The van der Waals surface area contributed by atoms with Gasteiger partial charge in [0.2, 0.25) is 0 Å². The molecular weight excluding hydrogens is 307 g/mol. The first-order valence-electron chi connectivity index (χ1n) is 6.09. The number of hydrogen-bond donors (Lipinski definition) is 1. The first-order valence-corrected chi connectivity index (χ1v) is 6.47. The predicted octanol–water partition coefficient (Wildman–Crippen LogP) is 2.07. The summed E-state index contributed by atoms with van der Waals surface area (Å²) in [5.74, 6) is -1.86. The summed E-state index contributed by atoms with van der Waals surface area (Å²) in [6.07, 6.45) is -0.263. The molecule has 0 bridgehead atoms. The maximum Gasteiger partial charge on any atom is 0.305 e. The van der Waals surface area contributed by atoms with Gasteiger partial charge in [-0.3, -0.25) is 14.9 Å². The maximum absolute atomic E-state index is 13.6. The van der Waals surface area contributed by atoms with E-state index in [4.69, 9.17) is 21.4 Å². The third-order valence-electron chi connectivity index (χ3n) is 3.16. The number of anilines is 1. The fraction of sp³-hybridized carbons (Fsp3) is 0.417. The van der Waals surface area contributed by atoms with Crippen LogP contribution < -0.4 is 4.90 Å². The van der Waals surface area contributed by atoms with Crippen molar-refractivity contribution in [2.45, 2.75) is 12.5 Å². The molecule has 114 valence electrons. The largest absolute Gasteiger partial charge is 0.481 e. The molecule has 1 aliphatic rings. The van der Waals surface area contributed by atoms with Crippen LogP contribution in [0.1, 0.15) is 6.42 Å². The standard InChI is InChI=1S/C12H12ClFN2O5/c13-8-4-11(16(19)20)10(5-9(8)14)15-1-2-21-6-7(15)3-12(17)18/h4-5,7H,1-3,6H2,(H,17,18). The summed E-state index contributed by atoms with van der Waals surface area (Å²) < 4.78 is 18.8. The van der Waals surface area contributed by atoms with Crippen molar-refractivity contribution in [1.82, 2.24) is 0 Å². The highest BCUT2D eigenvalue weighted by molar-refractivity contribution is 6.31. The van der Waals surface area contributed by atoms with Crippen LogP contribution in [-0.2, 0) is 9.53 Å². The summed E-state index contributed by atoms with van der Waals surface area (Å²) in [5, 5.41) is 19.7. The maximum atomic E-state index is 13.6. The SMILES string of the molecule is O=C(O)CC1COCCN1c1cc(F)c(Cl)cc1[N+](=O)[O-]. The van der Waals surface area contributed by atoms with Gasteiger partial charge in [-0.15, -0.1) is 0 Å². The molecule has 1 aromatic rings. The molecule has 0 spiro atoms. The fourth-order valence-electron chi connectivity index (χ4n) is 2.24. The molecule has 2 rings (SSSR count). The van der Waals surface area contributed by atoms with Crippen LogP contribution in [0.2, 0.25) is 5.02 Å². The van der Waals surface area contributed by atoms with Gasteiger partial charge in [0.25, 0.3) is 5.69 Å². The minimum Gasteiger partial charge on any atom is -0.481 e. The second kappa shape index (κ2) is 6.23. The summed E-state index contributed by atoms with van der Waals surface area (Å²) in [4.78, 5) is 22.8. The van der Waals surface area contributed by atoms with Gasteiger partial charge in [0, 0.05) is 18.7 Å². The third kappa shape index (κ3) is 3.40. The van der Waals surface area contributed by atoms with Crippen molar-refractivity contribution in [2.75, 3.05) is 24.7 Å². The lowest BCUT2D eigenvalue weighted by Crippen LogP contribution is -2.47. The molecule has 7 nitrogen and oxygen atoms in total. The Morgan fingerprint density at radius 2 is 2.33 bits per heavy atom. The van der Waals surface area contributed by atoms with Crippen LogP contribution in [0.25, 0.3) is 0 Å². The van der Waals surface area contributed by atoms with Gasteiger partial charge in [0.1, 0.15) is 11.5 Å². The van der Waals surface area contributed by atoms with Crippen LogP contribution in [0.3, 0.4) is 0 Å². The number of ether oxygens (including phenoxy) is 1. The molecule has 1 heterocycles. The van der Waals surface area contributed by atoms with Crippen LogP contribution in [0.4, 0.5) is 15.8 Å². The smallest absolute Gasteiger partial charge is 0.305 e. The lowest BCUT2D eigenvalue weighted by Gasteiger charge is -2.36. The number of morpholine rings is 1. The lowest BCUT2D eigenvalue weighted by atomic mass is 10.1. The fourth-order valence-corrected chi connectivity index (χ4v) is 2.40. The summed E-state index contributed by atoms with van der Waals surface area (Å²) >= 11 is 5.57. The van der Waals surface area contributed by atoms with E-state index in [1.807, 2.05) is 0 Å². The van der Waals surface area contributed by atoms with Crippen LogP contribution in [-0.4, -0.2) is 41.8 Å². The second-order valence-electron chi connectivity index (χ2n) is 4.53. The summed E-state index contributed by atoms with van der Waals surface area (Å²) in [6, 6.07) is 1.29. The normalized spacial score (nSPS) is 18.6. The molecule has 1 aliphatic heterocycles. The number of carboxylic acid groups (broad SMARTS) is 1. The Bertz CT molecular complexity index is 583. The van der Waals surface area contributed by atoms with E-state index in [0.717, 1.165) is 12.1 Å². The molecule has 0 aliphatic carbocycles. The number of aliphatic carboxylic acids is 1. The lowest BCUT2D eigenvalue weighted by molar-refractivity contribution is -0.384. The number of nitro benzene ring substituents is 1. The van der Waals surface area contributed by atoms with Crippen molar-refractivity contribution < 1.29 is 24.0 Å². The van der Waals surface area contributed by atoms with E-state index in [9.17, 15) is 19.3 Å². The number of halogens is 2. The predicted molar refractivity (Wildman–Crippen MR) is 72.3 cm³/mol. The van der Waals surface area contributed by atoms with Crippen molar-refractivity contribution >= 4 is 28.9 Å². The monoisotopic (exact) mass is 318 g/mol. The van der Waals surface area contributed by atoms with E-state index >= 15 is 0 Å². The van der Waals surface area contributed by atoms with E-state index < -0.39 is 22.8 Å². The Balaban J connectivity index is 2.44. The minimum absolute atomic E-state index is 0.0106. The Labute approximate surface area is 124 Å². The van der Waals surface area contributed by atoms with E-state index in [-0.39, 0.29) is 42.6 Å². The zero-order chi connectivity index (χ0) is 15.6. The van der Waals surface area contributed by atoms with Crippen molar-refractivity contribution in [3.8, 4) is 0 Å². The zero-order valence-electron chi connectivity index (χ0n) is 10.8. The summed E-state index contributed by atoms with van der Waals surface area (Å²) in [5.41, 5.74) is -0.352. The van der Waals surface area contributed by atoms with Crippen LogP contribution in [0.15, 0.2) is 12.1 Å². The van der Waals surface area contributed by atoms with Gasteiger partial charge in [-0.05, 0) is 0 Å². The molecule has 9 heteroatoms. The molecule has 21 heavy (non-hydrogen) atoms. The molecule has 0 aromatic heterocycles. The summed E-state index contributed by atoms with van der Waals surface area (Å²) in [6.45, 7) is 0.616. The molecule has 1 N–H and O–H groups in total. The number of benzene rings is 1. The number of nitrogens with zero attached hydrogens (tertiary/aromatic N) is 2. The van der Waals surface area contributed by atoms with Crippen molar-refractivity contribution in [3.05, 3.63) is 33.1 Å². The molecule has 0 saturated carbocycles. The van der Waals surface area contributed by atoms with Gasteiger partial charge in [-0.2, -0.15) is 0 Å². The van der Waals surface area contributed by atoms with E-state index in [0.29, 0.717) is 0 Å². The molecule has 1 fully saturated rings. The number of rotatable bonds is 4. The van der Waals surface area contributed by atoms with Crippen molar-refractivity contribution in [2.24, 2.45) is 0 Å². The molecular formula is C12H12ClFN2O5. The van der Waals surface area contributed by atoms with Gasteiger partial charge in [-0.25, -0.2) is 4.39 Å². The van der Waals surface area contributed by atoms with Crippen LogP contribution in [0, 0.1) is 15.9 Å². The molecule has 1 aromatic carbocycles. The highest BCUT2D eigenvalue weighted by atomic mass is 35.5. The minimum atomic E-state index is -1.06. The van der Waals surface area contributed by atoms with Crippen molar-refractivity contribution in [3.63, 3.8) is 0 Å². The summed E-state index contributed by atoms with van der Waals surface area (Å²) in [7, 11) is 0. The average Bonchev–Trinajstić information content (AvgIpc) is 2.41. The molecule has 0 radical (unpaired) electrons. The third-order valence-corrected chi connectivity index (χ3v) is 3.45. The Kier molecular flexibility index (Phi) is 4.59. The van der Waals surface area contributed by atoms with Gasteiger partial charge in [0.05, 0.1) is 35.6 Å². The quantitative estimate of drug-likeness (QED) is 0.674. The molecule has 1 saturated heterocycles. The first-order chi connectivity index (χ1) is 9.90. The van der Waals surface area contributed by atoms with Gasteiger partial charge in [0.15, 0.2) is 0 Å². The van der Waals surface area contributed by atoms with Crippen molar-refractivity contribution in [1.29, 1.82) is 0 Å². The number of hydrogen-bond acceptors (Lipinski definition) is 5.